The maximum Gasteiger partial charge on any atom is 0.328 e. The van der Waals surface area contributed by atoms with Crippen molar-refractivity contribution in [2.24, 2.45) is 0 Å². The number of hydrogen-bond donors (Lipinski definition) is 0. The van der Waals surface area contributed by atoms with Crippen LogP contribution < -0.4 is 0 Å². The van der Waals surface area contributed by atoms with Crippen molar-refractivity contribution < 1.29 is 9.53 Å². The summed E-state index contributed by atoms with van der Waals surface area (Å²) in [6.45, 7) is 2.43. The van der Waals surface area contributed by atoms with Gasteiger partial charge in [-0.25, -0.2) is 0 Å². The normalized spacial score (nSPS) is 12.2. The van der Waals surface area contributed by atoms with E-state index in [-0.39, 0.29) is 0 Å². The maximum absolute atomic E-state index is 11.6. The molecule has 1 rings (SSSR count). The summed E-state index contributed by atoms with van der Waals surface area (Å²) >= 11 is 11.9. The molecule has 0 saturated heterocycles. The van der Waals surface area contributed by atoms with E-state index in [0.29, 0.717) is 17.2 Å². The van der Waals surface area contributed by atoms with Gasteiger partial charge in [-0.3, -0.25) is 4.79 Å². The van der Waals surface area contributed by atoms with E-state index < -0.39 is 11.3 Å². The molecule has 88 valence electrons. The first-order chi connectivity index (χ1) is 7.66. The molecule has 0 fully saturated rings. The lowest BCUT2D eigenvalue weighted by Crippen LogP contribution is -2.12. The highest BCUT2D eigenvalue weighted by Crippen LogP contribution is 2.28. The van der Waals surface area contributed by atoms with Gasteiger partial charge in [-0.15, -0.1) is 11.6 Å². The molecule has 0 amide bonds. The predicted octanol–water partition coefficient (Wildman–Crippen LogP) is 3.96. The first-order valence-electron chi connectivity index (χ1n) is 5.22. The van der Waals surface area contributed by atoms with Gasteiger partial charge in [0.2, 0.25) is 0 Å². The average molecular weight is 261 g/mol. The standard InChI is InChI=1S/C12H14Cl2O2/c1-2-3-8-16-12(15)11(14)9-6-4-5-7-10(9)13/h4-7,11H,2-3,8H2,1H3. The van der Waals surface area contributed by atoms with Gasteiger partial charge in [-0.05, 0) is 18.1 Å². The molecule has 16 heavy (non-hydrogen) atoms. The van der Waals surface area contributed by atoms with Gasteiger partial charge in [0.1, 0.15) is 0 Å². The quantitative estimate of drug-likeness (QED) is 0.455. The number of unbranched alkanes of at least 4 members (excludes halogenated alkanes) is 1. The summed E-state index contributed by atoms with van der Waals surface area (Å²) in [6, 6.07) is 7.00. The largest absolute Gasteiger partial charge is 0.464 e. The van der Waals surface area contributed by atoms with Crippen LogP contribution in [0.15, 0.2) is 24.3 Å². The number of halogens is 2. The Morgan fingerprint density at radius 1 is 1.44 bits per heavy atom. The molecule has 0 spiro atoms. The third-order valence-electron chi connectivity index (χ3n) is 2.13. The van der Waals surface area contributed by atoms with E-state index in [9.17, 15) is 4.79 Å². The number of hydrogen-bond acceptors (Lipinski definition) is 2. The van der Waals surface area contributed by atoms with Crippen molar-refractivity contribution in [2.75, 3.05) is 6.61 Å². The lowest BCUT2D eigenvalue weighted by Gasteiger charge is -2.11. The second-order valence-electron chi connectivity index (χ2n) is 3.41. The third kappa shape index (κ3) is 3.69. The fraction of sp³-hybridized carbons (Fsp3) is 0.417. The summed E-state index contributed by atoms with van der Waals surface area (Å²) < 4.78 is 5.02. The number of rotatable bonds is 5. The van der Waals surface area contributed by atoms with E-state index >= 15 is 0 Å². The van der Waals surface area contributed by atoms with Crippen LogP contribution in [0.25, 0.3) is 0 Å². The van der Waals surface area contributed by atoms with Crippen LogP contribution in [0.3, 0.4) is 0 Å². The minimum Gasteiger partial charge on any atom is -0.464 e. The molecule has 2 nitrogen and oxygen atoms in total. The average Bonchev–Trinajstić information content (AvgIpc) is 2.29. The fourth-order valence-electron chi connectivity index (χ4n) is 1.20. The number of carbonyl (C=O) groups excluding carboxylic acids is 1. The van der Waals surface area contributed by atoms with Gasteiger partial charge in [0.15, 0.2) is 5.38 Å². The zero-order valence-corrected chi connectivity index (χ0v) is 10.6. The summed E-state index contributed by atoms with van der Waals surface area (Å²) in [5, 5.41) is -0.347. The highest BCUT2D eigenvalue weighted by molar-refractivity contribution is 6.35. The molecule has 1 atom stereocenters. The second kappa shape index (κ2) is 6.77. The molecule has 0 heterocycles. The van der Waals surface area contributed by atoms with Crippen molar-refractivity contribution in [2.45, 2.75) is 25.1 Å². The predicted molar refractivity (Wildman–Crippen MR) is 65.9 cm³/mol. The van der Waals surface area contributed by atoms with Crippen molar-refractivity contribution in [3.63, 3.8) is 0 Å². The zero-order chi connectivity index (χ0) is 12.0. The van der Waals surface area contributed by atoms with Gasteiger partial charge in [-0.2, -0.15) is 0 Å². The molecule has 0 N–H and O–H groups in total. The molecule has 1 aromatic carbocycles. The summed E-state index contributed by atoms with van der Waals surface area (Å²) in [5.41, 5.74) is 0.590. The SMILES string of the molecule is CCCCOC(=O)C(Cl)c1ccccc1Cl. The Kier molecular flexibility index (Phi) is 5.64. The van der Waals surface area contributed by atoms with Crippen LogP contribution in [0, 0.1) is 0 Å². The van der Waals surface area contributed by atoms with Crippen LogP contribution in [0.1, 0.15) is 30.7 Å². The minimum atomic E-state index is -0.828. The van der Waals surface area contributed by atoms with Gasteiger partial charge in [-0.1, -0.05) is 43.1 Å². The highest BCUT2D eigenvalue weighted by Gasteiger charge is 2.21. The molecular formula is C12H14Cl2O2. The van der Waals surface area contributed by atoms with Crippen molar-refractivity contribution in [3.05, 3.63) is 34.9 Å². The van der Waals surface area contributed by atoms with E-state index in [1.165, 1.54) is 0 Å². The van der Waals surface area contributed by atoms with Crippen LogP contribution >= 0.6 is 23.2 Å². The molecule has 0 saturated carbocycles. The zero-order valence-electron chi connectivity index (χ0n) is 9.08. The van der Waals surface area contributed by atoms with Gasteiger partial charge >= 0.3 is 5.97 Å². The van der Waals surface area contributed by atoms with Gasteiger partial charge < -0.3 is 4.74 Å². The van der Waals surface area contributed by atoms with E-state index in [2.05, 4.69) is 0 Å². The Morgan fingerprint density at radius 2 is 2.12 bits per heavy atom. The van der Waals surface area contributed by atoms with Crippen molar-refractivity contribution in [1.29, 1.82) is 0 Å². The topological polar surface area (TPSA) is 26.3 Å². The molecule has 0 aliphatic heterocycles. The molecule has 0 aliphatic rings. The van der Waals surface area contributed by atoms with Gasteiger partial charge in [0.25, 0.3) is 0 Å². The van der Waals surface area contributed by atoms with E-state index in [1.807, 2.05) is 6.92 Å². The number of ether oxygens (including phenoxy) is 1. The minimum absolute atomic E-state index is 0.406. The Labute approximate surface area is 106 Å². The highest BCUT2D eigenvalue weighted by atomic mass is 35.5. The number of carbonyl (C=O) groups is 1. The third-order valence-corrected chi connectivity index (χ3v) is 2.88. The van der Waals surface area contributed by atoms with Crippen LogP contribution in [-0.2, 0) is 9.53 Å². The number of alkyl halides is 1. The van der Waals surface area contributed by atoms with Crippen LogP contribution in [0.4, 0.5) is 0 Å². The monoisotopic (exact) mass is 260 g/mol. The van der Waals surface area contributed by atoms with Gasteiger partial charge in [0.05, 0.1) is 6.61 Å². The molecule has 0 radical (unpaired) electrons. The van der Waals surface area contributed by atoms with Crippen LogP contribution in [-0.4, -0.2) is 12.6 Å². The summed E-state index contributed by atoms with van der Waals surface area (Å²) in [5.74, 6) is -0.441. The first-order valence-corrected chi connectivity index (χ1v) is 6.03. The first kappa shape index (κ1) is 13.3. The van der Waals surface area contributed by atoms with Crippen molar-refractivity contribution in [1.82, 2.24) is 0 Å². The summed E-state index contributed by atoms with van der Waals surface area (Å²) in [4.78, 5) is 11.6. The van der Waals surface area contributed by atoms with Crippen molar-refractivity contribution in [3.8, 4) is 0 Å². The van der Waals surface area contributed by atoms with E-state index in [1.54, 1.807) is 24.3 Å². The Hall–Kier alpha value is -0.730. The van der Waals surface area contributed by atoms with Crippen molar-refractivity contribution >= 4 is 29.2 Å². The Balaban J connectivity index is 2.60. The molecule has 4 heteroatoms. The summed E-state index contributed by atoms with van der Waals surface area (Å²) in [6.07, 6.45) is 1.82. The molecule has 1 unspecified atom stereocenters. The Bertz CT molecular complexity index is 353. The molecule has 0 aliphatic carbocycles. The second-order valence-corrected chi connectivity index (χ2v) is 4.25. The smallest absolute Gasteiger partial charge is 0.328 e. The lowest BCUT2D eigenvalue weighted by molar-refractivity contribution is -0.143. The van der Waals surface area contributed by atoms with Crippen LogP contribution in [0.2, 0.25) is 5.02 Å². The Morgan fingerprint density at radius 3 is 2.75 bits per heavy atom. The fourth-order valence-corrected chi connectivity index (χ4v) is 1.75. The molecule has 1 aromatic rings. The van der Waals surface area contributed by atoms with E-state index in [0.717, 1.165) is 12.8 Å². The summed E-state index contributed by atoms with van der Waals surface area (Å²) in [7, 11) is 0. The van der Waals surface area contributed by atoms with Gasteiger partial charge in [0, 0.05) is 5.02 Å². The van der Waals surface area contributed by atoms with E-state index in [4.69, 9.17) is 27.9 Å². The molecule has 0 bridgehead atoms. The number of esters is 1. The molecular weight excluding hydrogens is 247 g/mol. The molecule has 0 aromatic heterocycles. The lowest BCUT2D eigenvalue weighted by atomic mass is 10.1. The number of benzene rings is 1. The van der Waals surface area contributed by atoms with Crippen LogP contribution in [0.5, 0.6) is 0 Å². The maximum atomic E-state index is 11.6.